The molecule has 5 heteroatoms. The van der Waals surface area contributed by atoms with Crippen LogP contribution in [0.15, 0.2) is 12.2 Å². The molecule has 20 heavy (non-hydrogen) atoms. The fourth-order valence-corrected chi connectivity index (χ4v) is 2.43. The molecule has 1 fully saturated rings. The zero-order chi connectivity index (χ0) is 14.4. The third-order valence-corrected chi connectivity index (χ3v) is 3.90. The number of carbonyl (C=O) groups excluding carboxylic acids is 1. The first-order valence-corrected chi connectivity index (χ1v) is 7.41. The molecule has 0 radical (unpaired) electrons. The lowest BCUT2D eigenvalue weighted by Gasteiger charge is -2.24. The largest absolute Gasteiger partial charge is 0.481 e. The van der Waals surface area contributed by atoms with E-state index in [9.17, 15) is 9.59 Å². The molecule has 0 aromatic rings. The Labute approximate surface area is 119 Å². The van der Waals surface area contributed by atoms with E-state index in [2.05, 4.69) is 5.32 Å². The van der Waals surface area contributed by atoms with Gasteiger partial charge in [-0.3, -0.25) is 9.59 Å². The molecule has 0 unspecified atom stereocenters. The molecule has 0 bridgehead atoms. The van der Waals surface area contributed by atoms with Crippen LogP contribution in [0.5, 0.6) is 0 Å². The number of rotatable bonds is 8. The van der Waals surface area contributed by atoms with E-state index in [1.165, 1.54) is 12.8 Å². The second-order valence-electron chi connectivity index (χ2n) is 5.66. The van der Waals surface area contributed by atoms with Gasteiger partial charge in [-0.15, -0.1) is 0 Å². The summed E-state index contributed by atoms with van der Waals surface area (Å²) in [5.74, 6) is -1.31. The van der Waals surface area contributed by atoms with Crippen LogP contribution in [0.4, 0.5) is 0 Å². The van der Waals surface area contributed by atoms with Crippen molar-refractivity contribution in [3.63, 3.8) is 0 Å². The van der Waals surface area contributed by atoms with E-state index in [1.807, 2.05) is 12.2 Å². The summed E-state index contributed by atoms with van der Waals surface area (Å²) >= 11 is 0. The van der Waals surface area contributed by atoms with Gasteiger partial charge in [-0.2, -0.15) is 0 Å². The van der Waals surface area contributed by atoms with Gasteiger partial charge in [0.1, 0.15) is 0 Å². The summed E-state index contributed by atoms with van der Waals surface area (Å²) in [7, 11) is 0. The number of amides is 1. The smallest absolute Gasteiger partial charge is 0.307 e. The Kier molecular flexibility index (Phi) is 5.59. The molecule has 2 N–H and O–H groups in total. The number of carboxylic acid groups (broad SMARTS) is 1. The minimum Gasteiger partial charge on any atom is -0.481 e. The summed E-state index contributed by atoms with van der Waals surface area (Å²) in [5, 5.41) is 11.9. The Hall–Kier alpha value is -1.36. The van der Waals surface area contributed by atoms with Crippen molar-refractivity contribution in [3.05, 3.63) is 12.2 Å². The molecule has 0 aromatic heterocycles. The lowest BCUT2D eigenvalue weighted by molar-refractivity contribution is -0.147. The summed E-state index contributed by atoms with van der Waals surface area (Å²) in [6.45, 7) is 2.04. The highest BCUT2D eigenvalue weighted by Gasteiger charge is 2.33. The van der Waals surface area contributed by atoms with Crippen molar-refractivity contribution in [2.24, 2.45) is 17.8 Å². The molecule has 0 spiro atoms. The molecule has 0 aromatic carbocycles. The molecule has 112 valence electrons. The highest BCUT2D eigenvalue weighted by Crippen LogP contribution is 2.28. The predicted molar refractivity (Wildman–Crippen MR) is 74.2 cm³/mol. The van der Waals surface area contributed by atoms with Gasteiger partial charge in [0.15, 0.2) is 0 Å². The van der Waals surface area contributed by atoms with E-state index in [0.717, 1.165) is 18.9 Å². The van der Waals surface area contributed by atoms with Crippen molar-refractivity contribution in [2.75, 3.05) is 19.8 Å². The monoisotopic (exact) mass is 281 g/mol. The van der Waals surface area contributed by atoms with E-state index < -0.39 is 17.8 Å². The summed E-state index contributed by atoms with van der Waals surface area (Å²) in [6, 6.07) is 0. The minimum absolute atomic E-state index is 0.149. The van der Waals surface area contributed by atoms with Crippen LogP contribution in [0.1, 0.15) is 32.1 Å². The third kappa shape index (κ3) is 4.63. The van der Waals surface area contributed by atoms with Crippen LogP contribution in [0.25, 0.3) is 0 Å². The fraction of sp³-hybridized carbons (Fsp3) is 0.733. The lowest BCUT2D eigenvalue weighted by Crippen LogP contribution is -2.39. The molecule has 2 aliphatic carbocycles. The van der Waals surface area contributed by atoms with Crippen molar-refractivity contribution in [3.8, 4) is 0 Å². The normalized spacial score (nSPS) is 25.4. The van der Waals surface area contributed by atoms with Crippen molar-refractivity contribution in [1.29, 1.82) is 0 Å². The first kappa shape index (κ1) is 15.0. The van der Waals surface area contributed by atoms with Crippen molar-refractivity contribution >= 4 is 11.9 Å². The van der Waals surface area contributed by atoms with Crippen LogP contribution in [0.3, 0.4) is 0 Å². The van der Waals surface area contributed by atoms with E-state index in [-0.39, 0.29) is 5.91 Å². The molecule has 0 saturated heterocycles. The molecular weight excluding hydrogens is 258 g/mol. The van der Waals surface area contributed by atoms with Gasteiger partial charge >= 0.3 is 5.97 Å². The Morgan fingerprint density at radius 2 is 1.90 bits per heavy atom. The second-order valence-corrected chi connectivity index (χ2v) is 5.66. The van der Waals surface area contributed by atoms with Gasteiger partial charge in [-0.1, -0.05) is 12.2 Å². The van der Waals surface area contributed by atoms with E-state index in [0.29, 0.717) is 26.0 Å². The number of ether oxygens (including phenoxy) is 1. The maximum Gasteiger partial charge on any atom is 0.307 e. The molecule has 0 heterocycles. The molecule has 2 atom stereocenters. The van der Waals surface area contributed by atoms with Gasteiger partial charge in [0, 0.05) is 19.8 Å². The van der Waals surface area contributed by atoms with Crippen LogP contribution in [-0.2, 0) is 14.3 Å². The van der Waals surface area contributed by atoms with E-state index in [4.69, 9.17) is 9.84 Å². The highest BCUT2D eigenvalue weighted by atomic mass is 16.5. The second kappa shape index (κ2) is 7.43. The molecule has 5 nitrogen and oxygen atoms in total. The average Bonchev–Trinajstić information content (AvgIpc) is 3.26. The number of nitrogens with one attached hydrogen (secondary N) is 1. The van der Waals surface area contributed by atoms with E-state index >= 15 is 0 Å². The number of hydrogen-bond acceptors (Lipinski definition) is 3. The number of carboxylic acids is 1. The number of carbonyl (C=O) groups is 2. The molecular formula is C15H23NO4. The maximum absolute atomic E-state index is 12.0. The average molecular weight is 281 g/mol. The summed E-state index contributed by atoms with van der Waals surface area (Å²) < 4.78 is 5.49. The van der Waals surface area contributed by atoms with Crippen LogP contribution < -0.4 is 5.32 Å². The van der Waals surface area contributed by atoms with Crippen LogP contribution >= 0.6 is 0 Å². The van der Waals surface area contributed by atoms with Crippen LogP contribution in [0, 0.1) is 17.8 Å². The lowest BCUT2D eigenvalue weighted by atomic mass is 9.82. The molecule has 1 amide bonds. The topological polar surface area (TPSA) is 75.6 Å². The van der Waals surface area contributed by atoms with Crippen LogP contribution in [-0.4, -0.2) is 36.7 Å². The maximum atomic E-state index is 12.0. The number of hydrogen-bond donors (Lipinski definition) is 2. The first-order chi connectivity index (χ1) is 9.68. The third-order valence-electron chi connectivity index (χ3n) is 3.90. The Morgan fingerprint density at radius 1 is 1.20 bits per heavy atom. The van der Waals surface area contributed by atoms with Gasteiger partial charge < -0.3 is 15.2 Å². The van der Waals surface area contributed by atoms with Gasteiger partial charge in [0.25, 0.3) is 0 Å². The van der Waals surface area contributed by atoms with Crippen LogP contribution in [0.2, 0.25) is 0 Å². The first-order valence-electron chi connectivity index (χ1n) is 7.41. The predicted octanol–water partition coefficient (Wildman–Crippen LogP) is 1.59. The van der Waals surface area contributed by atoms with Crippen molar-refractivity contribution < 1.29 is 19.4 Å². The highest BCUT2D eigenvalue weighted by molar-refractivity contribution is 5.85. The molecule has 1 saturated carbocycles. The molecule has 0 aliphatic heterocycles. The number of aliphatic carboxylic acids is 1. The summed E-state index contributed by atoms with van der Waals surface area (Å²) in [6.07, 6.45) is 8.03. The summed E-state index contributed by atoms with van der Waals surface area (Å²) in [5.41, 5.74) is 0. The SMILES string of the molecule is O=C(O)[C@H]1CC=CC[C@H]1C(=O)NCCCOCC1CC1. The molecule has 2 rings (SSSR count). The Balaban J connectivity index is 1.62. The Morgan fingerprint density at radius 3 is 2.55 bits per heavy atom. The zero-order valence-electron chi connectivity index (χ0n) is 11.7. The quantitative estimate of drug-likeness (QED) is 0.523. The molecule has 2 aliphatic rings. The fourth-order valence-electron chi connectivity index (χ4n) is 2.43. The van der Waals surface area contributed by atoms with Gasteiger partial charge in [-0.25, -0.2) is 0 Å². The number of allylic oxidation sites excluding steroid dienone is 2. The van der Waals surface area contributed by atoms with E-state index in [1.54, 1.807) is 0 Å². The summed E-state index contributed by atoms with van der Waals surface area (Å²) in [4.78, 5) is 23.1. The van der Waals surface area contributed by atoms with Crippen molar-refractivity contribution in [2.45, 2.75) is 32.1 Å². The van der Waals surface area contributed by atoms with Gasteiger partial charge in [-0.05, 0) is 38.0 Å². The zero-order valence-corrected chi connectivity index (χ0v) is 11.7. The Bertz CT molecular complexity index is 376. The van der Waals surface area contributed by atoms with Crippen molar-refractivity contribution in [1.82, 2.24) is 5.32 Å². The minimum atomic E-state index is -0.887. The standard InChI is InChI=1S/C15H23NO4/c17-14(12-4-1-2-5-13(12)15(18)19)16-8-3-9-20-10-11-6-7-11/h1-2,11-13H,3-10H2,(H,16,17)(H,18,19)/t12-,13+/m1/s1. The van der Waals surface area contributed by atoms with Gasteiger partial charge in [0.05, 0.1) is 11.8 Å². The van der Waals surface area contributed by atoms with Gasteiger partial charge in [0.2, 0.25) is 5.91 Å².